The second kappa shape index (κ2) is 10.3. The molecule has 3 rings (SSSR count). The summed E-state index contributed by atoms with van der Waals surface area (Å²) in [6.07, 6.45) is 6.43. The van der Waals surface area contributed by atoms with Crippen molar-refractivity contribution in [1.29, 1.82) is 0 Å². The normalized spacial score (nSPS) is 13.9. The first-order valence-corrected chi connectivity index (χ1v) is 9.97. The maximum Gasteiger partial charge on any atom is 0.355 e. The highest BCUT2D eigenvalue weighted by molar-refractivity contribution is 6.05. The number of anilines is 1. The summed E-state index contributed by atoms with van der Waals surface area (Å²) in [5, 5.41) is 2.97. The van der Waals surface area contributed by atoms with Crippen LogP contribution in [0.2, 0.25) is 0 Å². The molecule has 0 radical (unpaired) electrons. The Hall–Kier alpha value is -4.13. The lowest BCUT2D eigenvalue weighted by atomic mass is 10.1. The fourth-order valence-electron chi connectivity index (χ4n) is 3.24. The van der Waals surface area contributed by atoms with E-state index in [1.54, 1.807) is 42.6 Å². The minimum absolute atomic E-state index is 0.0132. The molecule has 0 saturated carbocycles. The summed E-state index contributed by atoms with van der Waals surface area (Å²) in [5.41, 5.74) is 2.11. The standard InChI is InChI=1S/C25H24N2O5/c1-17(18-9-5-4-6-10-18)26-23(28)19-12-14-20(15-13-19)27-16-8-7-11-21(24(29)31-2)22(27)25(30)32-3/h4-17H,1-3H3,(H,26,28). The number of nitrogens with one attached hydrogen (secondary N) is 1. The monoisotopic (exact) mass is 432 g/mol. The van der Waals surface area contributed by atoms with Gasteiger partial charge in [-0.3, -0.25) is 4.79 Å². The zero-order valence-electron chi connectivity index (χ0n) is 18.1. The van der Waals surface area contributed by atoms with E-state index in [4.69, 9.17) is 9.47 Å². The van der Waals surface area contributed by atoms with Gasteiger partial charge in [-0.2, -0.15) is 0 Å². The lowest BCUT2D eigenvalue weighted by Gasteiger charge is -2.23. The zero-order valence-corrected chi connectivity index (χ0v) is 18.1. The number of amides is 1. The van der Waals surface area contributed by atoms with Gasteiger partial charge in [0.15, 0.2) is 0 Å². The Morgan fingerprint density at radius 3 is 2.16 bits per heavy atom. The van der Waals surface area contributed by atoms with Gasteiger partial charge in [-0.15, -0.1) is 0 Å². The van der Waals surface area contributed by atoms with E-state index in [0.717, 1.165) is 5.56 Å². The highest BCUT2D eigenvalue weighted by Crippen LogP contribution is 2.26. The average Bonchev–Trinajstić information content (AvgIpc) is 3.06. The number of carbonyl (C=O) groups excluding carboxylic acids is 3. The van der Waals surface area contributed by atoms with E-state index in [1.165, 1.54) is 25.2 Å². The van der Waals surface area contributed by atoms with E-state index in [-0.39, 0.29) is 23.2 Å². The number of methoxy groups -OCH3 is 2. The van der Waals surface area contributed by atoms with Crippen molar-refractivity contribution >= 4 is 23.5 Å². The van der Waals surface area contributed by atoms with Crippen LogP contribution in [0.3, 0.4) is 0 Å². The molecule has 7 nitrogen and oxygen atoms in total. The Kier molecular flexibility index (Phi) is 7.23. The van der Waals surface area contributed by atoms with Crippen molar-refractivity contribution in [1.82, 2.24) is 5.32 Å². The van der Waals surface area contributed by atoms with Crippen LogP contribution in [0.4, 0.5) is 5.69 Å². The summed E-state index contributed by atoms with van der Waals surface area (Å²) in [6, 6.07) is 16.2. The molecule has 1 heterocycles. The molecule has 7 heteroatoms. The van der Waals surface area contributed by atoms with Crippen molar-refractivity contribution in [3.05, 3.63) is 101 Å². The molecule has 1 aliphatic heterocycles. The number of hydrogen-bond donors (Lipinski definition) is 1. The van der Waals surface area contributed by atoms with Crippen LogP contribution >= 0.6 is 0 Å². The van der Waals surface area contributed by atoms with Gasteiger partial charge in [-0.1, -0.05) is 36.4 Å². The van der Waals surface area contributed by atoms with Gasteiger partial charge < -0.3 is 19.7 Å². The Labute approximate surface area is 186 Å². The molecule has 1 N–H and O–H groups in total. The van der Waals surface area contributed by atoms with Gasteiger partial charge in [0, 0.05) is 17.5 Å². The highest BCUT2D eigenvalue weighted by atomic mass is 16.5. The third kappa shape index (κ3) is 4.95. The molecule has 0 fully saturated rings. The summed E-state index contributed by atoms with van der Waals surface area (Å²) >= 11 is 0. The molecule has 2 aromatic carbocycles. The summed E-state index contributed by atoms with van der Waals surface area (Å²) in [6.45, 7) is 1.92. The van der Waals surface area contributed by atoms with Crippen molar-refractivity contribution in [2.45, 2.75) is 13.0 Å². The number of allylic oxidation sites excluding steroid dienone is 2. The van der Waals surface area contributed by atoms with E-state index in [9.17, 15) is 14.4 Å². The van der Waals surface area contributed by atoms with Gasteiger partial charge in [0.1, 0.15) is 5.70 Å². The Morgan fingerprint density at radius 1 is 0.875 bits per heavy atom. The maximum atomic E-state index is 12.7. The molecule has 0 aliphatic carbocycles. The molecule has 0 bridgehead atoms. The van der Waals surface area contributed by atoms with E-state index in [1.807, 2.05) is 37.3 Å². The first kappa shape index (κ1) is 22.6. The smallest absolute Gasteiger partial charge is 0.355 e. The molecule has 32 heavy (non-hydrogen) atoms. The van der Waals surface area contributed by atoms with Crippen LogP contribution < -0.4 is 10.2 Å². The van der Waals surface area contributed by atoms with Crippen molar-refractivity contribution in [3.8, 4) is 0 Å². The molecular weight excluding hydrogens is 408 g/mol. The number of esters is 2. The minimum Gasteiger partial charge on any atom is -0.465 e. The third-order valence-corrected chi connectivity index (χ3v) is 4.94. The average molecular weight is 432 g/mol. The molecule has 0 aromatic heterocycles. The molecule has 1 aliphatic rings. The van der Waals surface area contributed by atoms with Gasteiger partial charge in [0.2, 0.25) is 0 Å². The minimum atomic E-state index is -0.694. The van der Waals surface area contributed by atoms with Crippen LogP contribution in [-0.2, 0) is 19.1 Å². The van der Waals surface area contributed by atoms with Crippen LogP contribution in [0.1, 0.15) is 28.9 Å². The largest absolute Gasteiger partial charge is 0.465 e. The van der Waals surface area contributed by atoms with E-state index < -0.39 is 11.9 Å². The van der Waals surface area contributed by atoms with Gasteiger partial charge in [-0.25, -0.2) is 9.59 Å². The number of ether oxygens (including phenoxy) is 2. The van der Waals surface area contributed by atoms with Crippen LogP contribution in [0.15, 0.2) is 90.3 Å². The number of hydrogen-bond acceptors (Lipinski definition) is 6. The molecule has 0 saturated heterocycles. The molecule has 1 atom stereocenters. The Bertz CT molecular complexity index is 1090. The quantitative estimate of drug-likeness (QED) is 0.701. The van der Waals surface area contributed by atoms with Crippen LogP contribution in [-0.4, -0.2) is 32.1 Å². The first-order chi connectivity index (χ1) is 15.5. The SMILES string of the molecule is COC(=O)C1=C(C(=O)OC)N(c2ccc(C(=O)NC(C)c3ccccc3)cc2)C=CC=C1. The summed E-state index contributed by atoms with van der Waals surface area (Å²) < 4.78 is 9.71. The van der Waals surface area contributed by atoms with Crippen molar-refractivity contribution in [2.24, 2.45) is 0 Å². The predicted molar refractivity (Wildman–Crippen MR) is 121 cm³/mol. The zero-order chi connectivity index (χ0) is 23.1. The van der Waals surface area contributed by atoms with Crippen molar-refractivity contribution in [2.75, 3.05) is 19.1 Å². The molecule has 164 valence electrons. The molecule has 1 unspecified atom stereocenters. The Balaban J connectivity index is 1.87. The maximum absolute atomic E-state index is 12.7. The van der Waals surface area contributed by atoms with Gasteiger partial charge in [0.25, 0.3) is 5.91 Å². The second-order valence-electron chi connectivity index (χ2n) is 6.97. The molecule has 0 spiro atoms. The lowest BCUT2D eigenvalue weighted by molar-refractivity contribution is -0.139. The van der Waals surface area contributed by atoms with Gasteiger partial charge in [0.05, 0.1) is 25.8 Å². The number of rotatable bonds is 6. The third-order valence-electron chi connectivity index (χ3n) is 4.94. The predicted octanol–water partition coefficient (Wildman–Crippen LogP) is 3.67. The van der Waals surface area contributed by atoms with E-state index >= 15 is 0 Å². The first-order valence-electron chi connectivity index (χ1n) is 9.97. The van der Waals surface area contributed by atoms with Crippen LogP contribution in [0.5, 0.6) is 0 Å². The second-order valence-corrected chi connectivity index (χ2v) is 6.97. The molecule has 2 aromatic rings. The lowest BCUT2D eigenvalue weighted by Crippen LogP contribution is -2.28. The van der Waals surface area contributed by atoms with E-state index in [0.29, 0.717) is 11.3 Å². The van der Waals surface area contributed by atoms with Crippen molar-refractivity contribution < 1.29 is 23.9 Å². The number of carbonyl (C=O) groups is 3. The summed E-state index contributed by atoms with van der Waals surface area (Å²) in [7, 11) is 2.48. The number of nitrogens with zero attached hydrogens (tertiary/aromatic N) is 1. The molecule has 1 amide bonds. The summed E-state index contributed by atoms with van der Waals surface area (Å²) in [5.74, 6) is -1.58. The topological polar surface area (TPSA) is 84.9 Å². The van der Waals surface area contributed by atoms with Crippen LogP contribution in [0, 0.1) is 0 Å². The Morgan fingerprint density at radius 2 is 1.53 bits per heavy atom. The van der Waals surface area contributed by atoms with E-state index in [2.05, 4.69) is 5.32 Å². The van der Waals surface area contributed by atoms with Crippen molar-refractivity contribution in [3.63, 3.8) is 0 Å². The van der Waals surface area contributed by atoms with Crippen LogP contribution in [0.25, 0.3) is 0 Å². The fraction of sp³-hybridized carbons (Fsp3) is 0.160. The van der Waals surface area contributed by atoms with Gasteiger partial charge in [-0.05, 0) is 48.9 Å². The summed E-state index contributed by atoms with van der Waals surface area (Å²) in [4.78, 5) is 38.9. The number of benzene rings is 2. The van der Waals surface area contributed by atoms with Gasteiger partial charge >= 0.3 is 11.9 Å². The fourth-order valence-corrected chi connectivity index (χ4v) is 3.24. The highest BCUT2D eigenvalue weighted by Gasteiger charge is 2.27. The molecular formula is C25H24N2O5.